The lowest BCUT2D eigenvalue weighted by Gasteiger charge is -2.02. The normalized spacial score (nSPS) is 10.6. The van der Waals surface area contributed by atoms with E-state index in [1.807, 2.05) is 12.6 Å². The number of nitrogens with zero attached hydrogens (tertiary/aromatic N) is 1. The van der Waals surface area contributed by atoms with Crippen LogP contribution in [-0.2, 0) is 6.42 Å². The summed E-state index contributed by atoms with van der Waals surface area (Å²) in [6.45, 7) is 0.901. The minimum Gasteiger partial charge on any atom is -0.319 e. The Morgan fingerprint density at radius 2 is 2.06 bits per heavy atom. The fraction of sp³-hybridized carbons (Fsp3) is 0.250. The predicted octanol–water partition coefficient (Wildman–Crippen LogP) is 2.71. The van der Waals surface area contributed by atoms with Crippen molar-refractivity contribution in [2.45, 2.75) is 6.42 Å². The van der Waals surface area contributed by atoms with E-state index in [9.17, 15) is 4.39 Å². The van der Waals surface area contributed by atoms with Crippen LogP contribution in [0, 0.1) is 5.82 Å². The molecule has 16 heavy (non-hydrogen) atoms. The van der Waals surface area contributed by atoms with Gasteiger partial charge in [0, 0.05) is 13.0 Å². The average Bonchev–Trinajstić information content (AvgIpc) is 2.75. The second-order valence-electron chi connectivity index (χ2n) is 3.49. The molecule has 0 unspecified atom stereocenters. The molecule has 0 bridgehead atoms. The van der Waals surface area contributed by atoms with Gasteiger partial charge in [0.25, 0.3) is 0 Å². The molecule has 0 spiro atoms. The number of benzene rings is 1. The Balaban J connectivity index is 2.26. The van der Waals surface area contributed by atoms with Crippen molar-refractivity contribution in [3.05, 3.63) is 41.3 Å². The van der Waals surface area contributed by atoms with Crippen molar-refractivity contribution in [2.24, 2.45) is 0 Å². The van der Waals surface area contributed by atoms with Gasteiger partial charge in [-0.05, 0) is 24.7 Å². The second-order valence-corrected chi connectivity index (χ2v) is 4.34. The van der Waals surface area contributed by atoms with E-state index in [4.69, 9.17) is 0 Å². The molecule has 0 atom stereocenters. The number of thiazole rings is 1. The van der Waals surface area contributed by atoms with Gasteiger partial charge >= 0.3 is 0 Å². The standard InChI is InChI=1S/C12H13FN2S/c1-14-7-6-11-12(16-8-15-11)9-2-4-10(13)5-3-9/h2-5,8,14H,6-7H2,1H3. The van der Waals surface area contributed by atoms with Gasteiger partial charge in [-0.3, -0.25) is 0 Å². The van der Waals surface area contributed by atoms with Gasteiger partial charge in [0.2, 0.25) is 0 Å². The summed E-state index contributed by atoms with van der Waals surface area (Å²) in [5.41, 5.74) is 3.95. The molecule has 1 aromatic carbocycles. The molecule has 0 fully saturated rings. The van der Waals surface area contributed by atoms with E-state index in [0.717, 1.165) is 29.1 Å². The number of rotatable bonds is 4. The first-order valence-corrected chi connectivity index (χ1v) is 6.02. The first-order chi connectivity index (χ1) is 7.81. The van der Waals surface area contributed by atoms with Gasteiger partial charge in [-0.15, -0.1) is 11.3 Å². The summed E-state index contributed by atoms with van der Waals surface area (Å²) in [6, 6.07) is 6.56. The zero-order valence-corrected chi connectivity index (χ0v) is 9.85. The molecule has 0 saturated carbocycles. The van der Waals surface area contributed by atoms with Crippen LogP contribution < -0.4 is 5.32 Å². The monoisotopic (exact) mass is 236 g/mol. The third-order valence-corrected chi connectivity index (χ3v) is 3.28. The van der Waals surface area contributed by atoms with Crippen molar-refractivity contribution in [1.29, 1.82) is 0 Å². The summed E-state index contributed by atoms with van der Waals surface area (Å²) in [5.74, 6) is -0.204. The van der Waals surface area contributed by atoms with Crippen LogP contribution >= 0.6 is 11.3 Å². The highest BCUT2D eigenvalue weighted by atomic mass is 32.1. The van der Waals surface area contributed by atoms with Crippen LogP contribution in [0.15, 0.2) is 29.8 Å². The Morgan fingerprint density at radius 1 is 1.31 bits per heavy atom. The quantitative estimate of drug-likeness (QED) is 0.883. The van der Waals surface area contributed by atoms with Gasteiger partial charge in [-0.2, -0.15) is 0 Å². The highest BCUT2D eigenvalue weighted by Gasteiger charge is 2.07. The summed E-state index contributed by atoms with van der Waals surface area (Å²) >= 11 is 1.60. The van der Waals surface area contributed by atoms with E-state index in [2.05, 4.69) is 10.3 Å². The van der Waals surface area contributed by atoms with Crippen LogP contribution in [0.4, 0.5) is 4.39 Å². The number of halogens is 1. The smallest absolute Gasteiger partial charge is 0.123 e. The van der Waals surface area contributed by atoms with Gasteiger partial charge in [0.15, 0.2) is 0 Å². The van der Waals surface area contributed by atoms with Gasteiger partial charge in [0.1, 0.15) is 5.82 Å². The van der Waals surface area contributed by atoms with Crippen molar-refractivity contribution in [2.75, 3.05) is 13.6 Å². The van der Waals surface area contributed by atoms with Crippen LogP contribution in [0.5, 0.6) is 0 Å². The third kappa shape index (κ3) is 2.46. The van der Waals surface area contributed by atoms with Crippen molar-refractivity contribution < 1.29 is 4.39 Å². The van der Waals surface area contributed by atoms with E-state index in [0.29, 0.717) is 0 Å². The van der Waals surface area contributed by atoms with Crippen molar-refractivity contribution in [1.82, 2.24) is 10.3 Å². The van der Waals surface area contributed by atoms with E-state index >= 15 is 0 Å². The van der Waals surface area contributed by atoms with Gasteiger partial charge in [-0.25, -0.2) is 9.37 Å². The Kier molecular flexibility index (Phi) is 3.64. The average molecular weight is 236 g/mol. The highest BCUT2D eigenvalue weighted by molar-refractivity contribution is 7.13. The molecular weight excluding hydrogens is 223 g/mol. The number of aromatic nitrogens is 1. The molecule has 0 amide bonds. The van der Waals surface area contributed by atoms with Gasteiger partial charge < -0.3 is 5.32 Å². The number of hydrogen-bond donors (Lipinski definition) is 1. The zero-order chi connectivity index (χ0) is 11.4. The van der Waals surface area contributed by atoms with Crippen LogP contribution in [-0.4, -0.2) is 18.6 Å². The summed E-state index contributed by atoms with van der Waals surface area (Å²) < 4.78 is 12.8. The van der Waals surface area contributed by atoms with Crippen LogP contribution in [0.3, 0.4) is 0 Å². The first kappa shape index (κ1) is 11.2. The van der Waals surface area contributed by atoms with Crippen molar-refractivity contribution in [3.63, 3.8) is 0 Å². The highest BCUT2D eigenvalue weighted by Crippen LogP contribution is 2.27. The molecule has 1 aromatic heterocycles. The van der Waals surface area contributed by atoms with E-state index in [-0.39, 0.29) is 5.82 Å². The molecule has 1 N–H and O–H groups in total. The minimum atomic E-state index is -0.204. The van der Waals surface area contributed by atoms with E-state index < -0.39 is 0 Å². The molecule has 0 radical (unpaired) electrons. The fourth-order valence-corrected chi connectivity index (χ4v) is 2.38. The van der Waals surface area contributed by atoms with Gasteiger partial charge in [0.05, 0.1) is 16.1 Å². The zero-order valence-electron chi connectivity index (χ0n) is 9.03. The summed E-state index contributed by atoms with van der Waals surface area (Å²) in [6.07, 6.45) is 0.896. The summed E-state index contributed by atoms with van der Waals surface area (Å²) in [5, 5.41) is 3.10. The van der Waals surface area contributed by atoms with E-state index in [1.54, 1.807) is 23.5 Å². The molecule has 0 aliphatic heterocycles. The Bertz CT molecular complexity index is 450. The predicted molar refractivity (Wildman–Crippen MR) is 65.1 cm³/mol. The Morgan fingerprint density at radius 3 is 2.75 bits per heavy atom. The maximum atomic E-state index is 12.8. The Labute approximate surface area is 98.2 Å². The number of likely N-dealkylation sites (N-methyl/N-ethyl adjacent to an activating group) is 1. The topological polar surface area (TPSA) is 24.9 Å². The lowest BCUT2D eigenvalue weighted by molar-refractivity contribution is 0.628. The maximum Gasteiger partial charge on any atom is 0.123 e. The molecule has 0 aliphatic rings. The molecule has 2 rings (SSSR count). The number of nitrogens with one attached hydrogen (secondary N) is 1. The molecular formula is C12H13FN2S. The van der Waals surface area contributed by atoms with Crippen molar-refractivity contribution >= 4 is 11.3 Å². The minimum absolute atomic E-state index is 0.204. The molecule has 2 aromatic rings. The SMILES string of the molecule is CNCCc1ncsc1-c1ccc(F)cc1. The fourth-order valence-electron chi connectivity index (χ4n) is 1.53. The molecule has 4 heteroatoms. The summed E-state index contributed by atoms with van der Waals surface area (Å²) in [4.78, 5) is 5.47. The summed E-state index contributed by atoms with van der Waals surface area (Å²) in [7, 11) is 1.92. The van der Waals surface area contributed by atoms with Crippen molar-refractivity contribution in [3.8, 4) is 10.4 Å². The molecule has 2 nitrogen and oxygen atoms in total. The molecule has 0 saturated heterocycles. The molecule has 84 valence electrons. The molecule has 0 aliphatic carbocycles. The third-order valence-electron chi connectivity index (χ3n) is 2.36. The molecule has 1 heterocycles. The van der Waals surface area contributed by atoms with Crippen LogP contribution in [0.2, 0.25) is 0 Å². The lowest BCUT2D eigenvalue weighted by atomic mass is 10.1. The number of hydrogen-bond acceptors (Lipinski definition) is 3. The maximum absolute atomic E-state index is 12.8. The van der Waals surface area contributed by atoms with Crippen LogP contribution in [0.1, 0.15) is 5.69 Å². The van der Waals surface area contributed by atoms with E-state index in [1.165, 1.54) is 12.1 Å². The largest absolute Gasteiger partial charge is 0.319 e. The van der Waals surface area contributed by atoms with Gasteiger partial charge in [-0.1, -0.05) is 12.1 Å². The Hall–Kier alpha value is -1.26. The lowest BCUT2D eigenvalue weighted by Crippen LogP contribution is -2.10. The van der Waals surface area contributed by atoms with Crippen LogP contribution in [0.25, 0.3) is 10.4 Å². The second kappa shape index (κ2) is 5.18. The first-order valence-electron chi connectivity index (χ1n) is 5.14.